The Morgan fingerprint density at radius 3 is 2.83 bits per heavy atom. The largest absolute Gasteiger partial charge is 0.352 e. The molecule has 0 unspecified atom stereocenters. The molecule has 4 heterocycles. The van der Waals surface area contributed by atoms with Gasteiger partial charge < -0.3 is 4.90 Å². The van der Waals surface area contributed by atoms with Crippen LogP contribution in [0, 0.1) is 18.3 Å². The molecule has 4 rings (SSSR count). The SMILES string of the molecule is Cc1cc(C#N)cnc1N1CCc2ncc(-c3cn[nH]c3)cc2C1. The predicted molar refractivity (Wildman–Crippen MR) is 90.3 cm³/mol. The van der Waals surface area contributed by atoms with Crippen molar-refractivity contribution in [1.82, 2.24) is 20.2 Å². The first-order valence-corrected chi connectivity index (χ1v) is 7.83. The Bertz CT molecular complexity index is 923. The lowest BCUT2D eigenvalue weighted by Crippen LogP contribution is -2.32. The molecule has 0 fully saturated rings. The molecule has 0 amide bonds. The molecule has 1 N–H and O–H groups in total. The summed E-state index contributed by atoms with van der Waals surface area (Å²) in [4.78, 5) is 11.4. The number of nitrogens with zero attached hydrogens (tertiary/aromatic N) is 5. The molecule has 0 aromatic carbocycles. The molecular weight excluding hydrogens is 300 g/mol. The highest BCUT2D eigenvalue weighted by Crippen LogP contribution is 2.27. The van der Waals surface area contributed by atoms with Gasteiger partial charge in [0.2, 0.25) is 0 Å². The zero-order valence-corrected chi connectivity index (χ0v) is 13.3. The van der Waals surface area contributed by atoms with E-state index < -0.39 is 0 Å². The van der Waals surface area contributed by atoms with Gasteiger partial charge in [-0.15, -0.1) is 0 Å². The molecule has 1 aliphatic rings. The van der Waals surface area contributed by atoms with Crippen molar-refractivity contribution in [2.75, 3.05) is 11.4 Å². The topological polar surface area (TPSA) is 81.5 Å². The number of anilines is 1. The number of H-pyrrole nitrogens is 1. The number of nitrogens with one attached hydrogen (secondary N) is 1. The number of hydrogen-bond donors (Lipinski definition) is 1. The zero-order chi connectivity index (χ0) is 16.5. The summed E-state index contributed by atoms with van der Waals surface area (Å²) in [6.45, 7) is 3.65. The standard InChI is InChI=1S/C18H16N6/c1-12-4-13(6-19)7-21-18(12)24-3-2-17-15(11-24)5-14(8-20-17)16-9-22-23-10-16/h4-5,7-10H,2-3,11H2,1H3,(H,22,23). The Balaban J connectivity index is 1.66. The van der Waals surface area contributed by atoms with Crippen LogP contribution in [0.15, 0.2) is 36.9 Å². The smallest absolute Gasteiger partial charge is 0.131 e. The number of nitriles is 1. The molecular formula is C18H16N6. The van der Waals surface area contributed by atoms with Crippen molar-refractivity contribution in [3.63, 3.8) is 0 Å². The first kappa shape index (κ1) is 14.4. The fourth-order valence-electron chi connectivity index (χ4n) is 3.13. The van der Waals surface area contributed by atoms with Crippen molar-refractivity contribution in [2.24, 2.45) is 0 Å². The molecule has 0 aliphatic carbocycles. The summed E-state index contributed by atoms with van der Waals surface area (Å²) in [6, 6.07) is 6.20. The number of aryl methyl sites for hydroxylation is 1. The highest BCUT2D eigenvalue weighted by atomic mass is 15.2. The maximum Gasteiger partial charge on any atom is 0.131 e. The van der Waals surface area contributed by atoms with Crippen LogP contribution in [-0.2, 0) is 13.0 Å². The third-order valence-corrected chi connectivity index (χ3v) is 4.35. The van der Waals surface area contributed by atoms with Crippen molar-refractivity contribution in [2.45, 2.75) is 19.9 Å². The molecule has 1 aliphatic heterocycles. The molecule has 118 valence electrons. The lowest BCUT2D eigenvalue weighted by molar-refractivity contribution is 0.701. The Labute approximate surface area is 139 Å². The van der Waals surface area contributed by atoms with E-state index in [0.717, 1.165) is 47.7 Å². The highest BCUT2D eigenvalue weighted by molar-refractivity contribution is 5.62. The number of aromatic nitrogens is 4. The van der Waals surface area contributed by atoms with Crippen molar-refractivity contribution in [3.05, 3.63) is 59.3 Å². The summed E-state index contributed by atoms with van der Waals surface area (Å²) in [5.74, 6) is 0.938. The minimum atomic E-state index is 0.595. The minimum absolute atomic E-state index is 0.595. The minimum Gasteiger partial charge on any atom is -0.352 e. The molecule has 0 spiro atoms. The second-order valence-electron chi connectivity index (χ2n) is 5.96. The first-order valence-electron chi connectivity index (χ1n) is 7.83. The van der Waals surface area contributed by atoms with Gasteiger partial charge >= 0.3 is 0 Å². The maximum absolute atomic E-state index is 8.99. The Kier molecular flexibility index (Phi) is 3.47. The van der Waals surface area contributed by atoms with Gasteiger partial charge in [0.05, 0.1) is 11.8 Å². The fraction of sp³-hybridized carbons (Fsp3) is 0.222. The lowest BCUT2D eigenvalue weighted by atomic mass is 10.0. The number of aromatic amines is 1. The number of pyridine rings is 2. The first-order chi connectivity index (χ1) is 11.7. The molecule has 24 heavy (non-hydrogen) atoms. The van der Waals surface area contributed by atoms with Crippen molar-refractivity contribution in [1.29, 1.82) is 5.26 Å². The molecule has 3 aromatic heterocycles. The van der Waals surface area contributed by atoms with E-state index in [1.165, 1.54) is 5.56 Å². The Morgan fingerprint density at radius 2 is 2.08 bits per heavy atom. The van der Waals surface area contributed by atoms with Crippen molar-refractivity contribution < 1.29 is 0 Å². The normalized spacial score (nSPS) is 13.4. The molecule has 0 radical (unpaired) electrons. The summed E-state index contributed by atoms with van der Waals surface area (Å²) < 4.78 is 0. The van der Waals surface area contributed by atoms with E-state index in [-0.39, 0.29) is 0 Å². The average molecular weight is 316 g/mol. The quantitative estimate of drug-likeness (QED) is 0.786. The summed E-state index contributed by atoms with van der Waals surface area (Å²) >= 11 is 0. The van der Waals surface area contributed by atoms with Gasteiger partial charge in [-0.2, -0.15) is 10.4 Å². The summed E-state index contributed by atoms with van der Waals surface area (Å²) in [5.41, 5.74) is 6.08. The van der Waals surface area contributed by atoms with E-state index >= 15 is 0 Å². The fourth-order valence-corrected chi connectivity index (χ4v) is 3.13. The van der Waals surface area contributed by atoms with Crippen molar-refractivity contribution in [3.8, 4) is 17.2 Å². The van der Waals surface area contributed by atoms with E-state index in [1.807, 2.05) is 25.4 Å². The molecule has 3 aromatic rings. The summed E-state index contributed by atoms with van der Waals surface area (Å²) in [6.07, 6.45) is 8.11. The second-order valence-corrected chi connectivity index (χ2v) is 5.96. The zero-order valence-electron chi connectivity index (χ0n) is 13.3. The van der Waals surface area contributed by atoms with Gasteiger partial charge in [-0.1, -0.05) is 0 Å². The van der Waals surface area contributed by atoms with E-state index in [2.05, 4.69) is 37.2 Å². The van der Waals surface area contributed by atoms with Crippen LogP contribution in [0.3, 0.4) is 0 Å². The number of fused-ring (bicyclic) bond motifs is 1. The molecule has 0 saturated heterocycles. The van der Waals surface area contributed by atoms with Crippen LogP contribution in [0.2, 0.25) is 0 Å². The monoisotopic (exact) mass is 316 g/mol. The Hall–Kier alpha value is -3.20. The molecule has 6 heteroatoms. The third-order valence-electron chi connectivity index (χ3n) is 4.35. The lowest BCUT2D eigenvalue weighted by Gasteiger charge is -2.30. The van der Waals surface area contributed by atoms with E-state index in [1.54, 1.807) is 12.4 Å². The van der Waals surface area contributed by atoms with Crippen LogP contribution in [0.5, 0.6) is 0 Å². The van der Waals surface area contributed by atoms with Crippen LogP contribution in [-0.4, -0.2) is 26.7 Å². The van der Waals surface area contributed by atoms with Gasteiger partial charge in [-0.25, -0.2) is 4.98 Å². The van der Waals surface area contributed by atoms with Crippen LogP contribution in [0.1, 0.15) is 22.4 Å². The molecule has 0 bridgehead atoms. The van der Waals surface area contributed by atoms with Gasteiger partial charge in [0.1, 0.15) is 11.9 Å². The van der Waals surface area contributed by atoms with E-state index in [4.69, 9.17) is 5.26 Å². The second kappa shape index (κ2) is 5.78. The van der Waals surface area contributed by atoms with Gasteiger partial charge in [0.15, 0.2) is 0 Å². The van der Waals surface area contributed by atoms with Gasteiger partial charge in [-0.05, 0) is 30.2 Å². The van der Waals surface area contributed by atoms with Crippen LogP contribution in [0.4, 0.5) is 5.82 Å². The summed E-state index contributed by atoms with van der Waals surface area (Å²) in [5, 5.41) is 15.8. The third kappa shape index (κ3) is 2.50. The molecule has 0 saturated carbocycles. The Morgan fingerprint density at radius 1 is 1.17 bits per heavy atom. The maximum atomic E-state index is 8.99. The molecule has 0 atom stereocenters. The molecule has 6 nitrogen and oxygen atoms in total. The van der Waals surface area contributed by atoms with Crippen LogP contribution in [0.25, 0.3) is 11.1 Å². The van der Waals surface area contributed by atoms with E-state index in [0.29, 0.717) is 5.56 Å². The highest BCUT2D eigenvalue weighted by Gasteiger charge is 2.20. The number of rotatable bonds is 2. The van der Waals surface area contributed by atoms with Gasteiger partial charge in [0, 0.05) is 54.9 Å². The predicted octanol–water partition coefficient (Wildman–Crippen LogP) is 2.61. The number of hydrogen-bond acceptors (Lipinski definition) is 5. The van der Waals surface area contributed by atoms with Crippen LogP contribution >= 0.6 is 0 Å². The van der Waals surface area contributed by atoms with Gasteiger partial charge in [-0.3, -0.25) is 10.1 Å². The average Bonchev–Trinajstić information content (AvgIpc) is 3.15. The van der Waals surface area contributed by atoms with Crippen LogP contribution < -0.4 is 4.90 Å². The summed E-state index contributed by atoms with van der Waals surface area (Å²) in [7, 11) is 0. The van der Waals surface area contributed by atoms with Crippen molar-refractivity contribution >= 4 is 5.82 Å². The van der Waals surface area contributed by atoms with Gasteiger partial charge in [0.25, 0.3) is 0 Å². The van der Waals surface area contributed by atoms with E-state index in [9.17, 15) is 0 Å².